The van der Waals surface area contributed by atoms with E-state index in [1.165, 1.54) is 24.4 Å². The molecule has 176 valence electrons. The van der Waals surface area contributed by atoms with Crippen molar-refractivity contribution in [2.45, 2.75) is 12.8 Å². The largest absolute Gasteiger partial charge is 0.454 e. The van der Waals surface area contributed by atoms with E-state index in [4.69, 9.17) is 4.74 Å². The highest BCUT2D eigenvalue weighted by Crippen LogP contribution is 2.26. The Morgan fingerprint density at radius 2 is 1.74 bits per heavy atom. The minimum absolute atomic E-state index is 0.143. The lowest BCUT2D eigenvalue weighted by Crippen LogP contribution is -2.27. The number of likely N-dealkylation sites (tertiary alicyclic amines) is 1. The zero-order valence-electron chi connectivity index (χ0n) is 18.8. The van der Waals surface area contributed by atoms with Gasteiger partial charge in [-0.15, -0.1) is 0 Å². The van der Waals surface area contributed by atoms with Crippen LogP contribution in [0.5, 0.6) is 0 Å². The number of ether oxygens (including phenoxy) is 1. The van der Waals surface area contributed by atoms with E-state index in [2.05, 4.69) is 9.97 Å². The predicted molar refractivity (Wildman–Crippen MR) is 128 cm³/mol. The first kappa shape index (κ1) is 22.5. The fourth-order valence-electron chi connectivity index (χ4n) is 4.17. The summed E-state index contributed by atoms with van der Waals surface area (Å²) in [5.41, 5.74) is 2.56. The van der Waals surface area contributed by atoms with Crippen molar-refractivity contribution in [1.29, 1.82) is 0 Å². The molecule has 0 bridgehead atoms. The molecule has 7 nitrogen and oxygen atoms in total. The maximum absolute atomic E-state index is 13.4. The summed E-state index contributed by atoms with van der Waals surface area (Å²) in [4.78, 5) is 47.3. The zero-order chi connectivity index (χ0) is 24.4. The fraction of sp³-hybridized carbons (Fsp3) is 0.185. The number of benzene rings is 2. The Balaban J connectivity index is 1.34. The minimum Gasteiger partial charge on any atom is -0.454 e. The number of carbonyl (C=O) groups excluding carboxylic acids is 3. The Morgan fingerprint density at radius 3 is 2.51 bits per heavy atom. The number of aromatic nitrogens is 2. The standard InChI is InChI=1S/C27H22FN3O4/c28-19-9-7-17(8-10-19)23-14-21(20-5-1-2-6-22(20)30-23)27(34)35-16-25(32)18-13-24(29-15-18)26(33)31-11-3-4-12-31/h1-2,5-10,13-15,29H,3-4,11-12,16H2. The monoisotopic (exact) mass is 471 g/mol. The van der Waals surface area contributed by atoms with Crippen LogP contribution in [0.15, 0.2) is 66.9 Å². The van der Waals surface area contributed by atoms with Crippen LogP contribution in [0.1, 0.15) is 44.0 Å². The van der Waals surface area contributed by atoms with Crippen molar-refractivity contribution in [3.05, 3.63) is 89.5 Å². The number of ketones is 1. The lowest BCUT2D eigenvalue weighted by Gasteiger charge is -2.13. The molecule has 35 heavy (non-hydrogen) atoms. The minimum atomic E-state index is -0.677. The van der Waals surface area contributed by atoms with Crippen molar-refractivity contribution in [3.63, 3.8) is 0 Å². The molecule has 5 rings (SSSR count). The number of carbonyl (C=O) groups is 3. The van der Waals surface area contributed by atoms with Crippen LogP contribution in [0, 0.1) is 5.82 Å². The average molecular weight is 471 g/mol. The summed E-state index contributed by atoms with van der Waals surface area (Å²) in [6, 6.07) is 16.0. The number of nitrogens with zero attached hydrogens (tertiary/aromatic N) is 2. The number of H-pyrrole nitrogens is 1. The summed E-state index contributed by atoms with van der Waals surface area (Å²) in [5.74, 6) is -1.62. The van der Waals surface area contributed by atoms with E-state index in [0.717, 1.165) is 12.8 Å². The van der Waals surface area contributed by atoms with Gasteiger partial charge >= 0.3 is 5.97 Å². The molecule has 2 aromatic carbocycles. The maximum atomic E-state index is 13.4. The van der Waals surface area contributed by atoms with Crippen molar-refractivity contribution in [1.82, 2.24) is 14.9 Å². The van der Waals surface area contributed by atoms with Gasteiger partial charge in [-0.3, -0.25) is 9.59 Å². The molecule has 0 radical (unpaired) electrons. The van der Waals surface area contributed by atoms with Crippen LogP contribution in [0.4, 0.5) is 4.39 Å². The number of aromatic amines is 1. The summed E-state index contributed by atoms with van der Waals surface area (Å²) in [6.07, 6.45) is 3.40. The highest BCUT2D eigenvalue weighted by Gasteiger charge is 2.22. The van der Waals surface area contributed by atoms with Gasteiger partial charge in [-0.1, -0.05) is 18.2 Å². The Kier molecular flexibility index (Phi) is 6.10. The zero-order valence-corrected chi connectivity index (χ0v) is 18.8. The van der Waals surface area contributed by atoms with Crippen LogP contribution in [0.3, 0.4) is 0 Å². The van der Waals surface area contributed by atoms with Gasteiger partial charge in [0, 0.05) is 35.8 Å². The number of fused-ring (bicyclic) bond motifs is 1. The van der Waals surface area contributed by atoms with E-state index in [9.17, 15) is 18.8 Å². The molecular weight excluding hydrogens is 449 g/mol. The number of nitrogens with one attached hydrogen (secondary N) is 1. The van der Waals surface area contributed by atoms with Gasteiger partial charge in [-0.25, -0.2) is 14.2 Å². The highest BCUT2D eigenvalue weighted by atomic mass is 19.1. The van der Waals surface area contributed by atoms with E-state index >= 15 is 0 Å². The Hall–Kier alpha value is -4.33. The quantitative estimate of drug-likeness (QED) is 0.327. The van der Waals surface area contributed by atoms with Gasteiger partial charge < -0.3 is 14.6 Å². The number of para-hydroxylation sites is 1. The summed E-state index contributed by atoms with van der Waals surface area (Å²) < 4.78 is 18.7. The Bertz CT molecular complexity index is 1420. The number of pyridine rings is 1. The number of rotatable bonds is 6. The van der Waals surface area contributed by atoms with E-state index in [1.807, 2.05) is 0 Å². The smallest absolute Gasteiger partial charge is 0.339 e. The molecule has 0 atom stereocenters. The molecule has 1 fully saturated rings. The molecule has 1 aliphatic heterocycles. The molecule has 3 heterocycles. The van der Waals surface area contributed by atoms with Gasteiger partial charge in [-0.2, -0.15) is 0 Å². The van der Waals surface area contributed by atoms with Crippen LogP contribution in [-0.2, 0) is 4.74 Å². The Morgan fingerprint density at radius 1 is 1.00 bits per heavy atom. The van der Waals surface area contributed by atoms with E-state index in [1.54, 1.807) is 47.4 Å². The molecule has 1 aliphatic rings. The first-order chi connectivity index (χ1) is 17.0. The number of halogens is 1. The molecular formula is C27H22FN3O4. The third kappa shape index (κ3) is 4.68. The summed E-state index contributed by atoms with van der Waals surface area (Å²) in [6.45, 7) is 0.938. The molecule has 1 N–H and O–H groups in total. The summed E-state index contributed by atoms with van der Waals surface area (Å²) >= 11 is 0. The molecule has 4 aromatic rings. The van der Waals surface area contributed by atoms with Crippen molar-refractivity contribution in [2.75, 3.05) is 19.7 Å². The van der Waals surface area contributed by atoms with Gasteiger partial charge in [0.05, 0.1) is 16.8 Å². The van der Waals surface area contributed by atoms with Gasteiger partial charge in [-0.05, 0) is 55.3 Å². The number of hydrogen-bond acceptors (Lipinski definition) is 5. The molecule has 0 unspecified atom stereocenters. The summed E-state index contributed by atoms with van der Waals surface area (Å²) in [5, 5.41) is 0.580. The molecule has 0 aliphatic carbocycles. The first-order valence-electron chi connectivity index (χ1n) is 11.3. The number of Topliss-reactive ketones (excluding diaryl/α,β-unsaturated/α-hetero) is 1. The van der Waals surface area contributed by atoms with Gasteiger partial charge in [0.1, 0.15) is 11.5 Å². The van der Waals surface area contributed by atoms with Gasteiger partial charge in [0.25, 0.3) is 5.91 Å². The average Bonchev–Trinajstić information content (AvgIpc) is 3.59. The Labute approximate surface area is 200 Å². The van der Waals surface area contributed by atoms with Crippen LogP contribution < -0.4 is 0 Å². The maximum Gasteiger partial charge on any atom is 0.339 e. The van der Waals surface area contributed by atoms with Crippen molar-refractivity contribution >= 4 is 28.6 Å². The molecule has 0 spiro atoms. The second-order valence-electron chi connectivity index (χ2n) is 8.38. The predicted octanol–water partition coefficient (Wildman–Crippen LogP) is 4.64. The fourth-order valence-corrected chi connectivity index (χ4v) is 4.17. The molecule has 2 aromatic heterocycles. The highest BCUT2D eigenvalue weighted by molar-refractivity contribution is 6.06. The molecule has 8 heteroatoms. The van der Waals surface area contributed by atoms with Crippen molar-refractivity contribution in [2.24, 2.45) is 0 Å². The normalized spacial score (nSPS) is 13.2. The van der Waals surface area contributed by atoms with Crippen molar-refractivity contribution in [3.8, 4) is 11.3 Å². The third-order valence-electron chi connectivity index (χ3n) is 6.04. The number of esters is 1. The van der Waals surface area contributed by atoms with Crippen LogP contribution in [0.2, 0.25) is 0 Å². The van der Waals surface area contributed by atoms with Crippen molar-refractivity contribution < 1.29 is 23.5 Å². The van der Waals surface area contributed by atoms with E-state index in [0.29, 0.717) is 40.9 Å². The third-order valence-corrected chi connectivity index (χ3v) is 6.04. The van der Waals surface area contributed by atoms with Crippen LogP contribution in [-0.4, -0.2) is 52.2 Å². The van der Waals surface area contributed by atoms with Gasteiger partial charge in [0.2, 0.25) is 5.78 Å². The SMILES string of the molecule is O=C(COC(=O)c1cc(-c2ccc(F)cc2)nc2ccccc12)c1c[nH]c(C(=O)N2CCCC2)c1. The first-order valence-corrected chi connectivity index (χ1v) is 11.3. The van der Waals surface area contributed by atoms with Crippen LogP contribution in [0.25, 0.3) is 22.2 Å². The van der Waals surface area contributed by atoms with Gasteiger partial charge in [0.15, 0.2) is 6.61 Å². The lowest BCUT2D eigenvalue weighted by molar-refractivity contribution is 0.0476. The van der Waals surface area contributed by atoms with E-state index < -0.39 is 18.4 Å². The number of amides is 1. The number of hydrogen-bond donors (Lipinski definition) is 1. The molecule has 1 saturated heterocycles. The molecule has 0 saturated carbocycles. The van der Waals surface area contributed by atoms with E-state index in [-0.39, 0.29) is 22.9 Å². The van der Waals surface area contributed by atoms with Crippen LogP contribution >= 0.6 is 0 Å². The topological polar surface area (TPSA) is 92.4 Å². The second-order valence-corrected chi connectivity index (χ2v) is 8.38. The summed E-state index contributed by atoms with van der Waals surface area (Å²) in [7, 11) is 0. The second kappa shape index (κ2) is 9.50. The lowest BCUT2D eigenvalue weighted by atomic mass is 10.0. The molecule has 1 amide bonds.